The van der Waals surface area contributed by atoms with E-state index < -0.39 is 36.3 Å². The second kappa shape index (κ2) is 19.8. The molecule has 0 bridgehead atoms. The molecule has 4 N–H and O–H groups in total. The molecular formula is C35H63N7O6. The van der Waals surface area contributed by atoms with Crippen LogP contribution >= 0.6 is 0 Å². The number of nitrogens with zero attached hydrogens (tertiary/aromatic N) is 3. The van der Waals surface area contributed by atoms with Gasteiger partial charge >= 0.3 is 0 Å². The maximum atomic E-state index is 14.1. The highest BCUT2D eigenvalue weighted by molar-refractivity contribution is 5.90. The van der Waals surface area contributed by atoms with Crippen molar-refractivity contribution in [3.05, 3.63) is 18.2 Å². The number of rotatable bonds is 20. The van der Waals surface area contributed by atoms with E-state index in [9.17, 15) is 19.2 Å². The number of likely N-dealkylation sites (tertiary alicyclic amines) is 1. The summed E-state index contributed by atoms with van der Waals surface area (Å²) in [5.74, 6) is -0.476. The molecule has 2 rings (SSSR count). The molecule has 2 heterocycles. The molecule has 48 heavy (non-hydrogen) atoms. The molecule has 8 atom stereocenters. The van der Waals surface area contributed by atoms with Crippen LogP contribution in [0.2, 0.25) is 0 Å². The fourth-order valence-corrected chi connectivity index (χ4v) is 6.95. The van der Waals surface area contributed by atoms with Crippen LogP contribution in [-0.4, -0.2) is 121 Å². The molecule has 1 aromatic heterocycles. The van der Waals surface area contributed by atoms with Gasteiger partial charge in [0, 0.05) is 53.2 Å². The van der Waals surface area contributed by atoms with Crippen molar-refractivity contribution in [3.63, 3.8) is 0 Å². The van der Waals surface area contributed by atoms with Gasteiger partial charge in [-0.1, -0.05) is 54.9 Å². The van der Waals surface area contributed by atoms with Gasteiger partial charge in [-0.2, -0.15) is 0 Å². The second-order valence-electron chi connectivity index (χ2n) is 13.9. The van der Waals surface area contributed by atoms with E-state index in [2.05, 4.69) is 32.8 Å². The SMILES string of the molecule is CC[C@H](C)[C@@H]([C@@H](CC(=O)N1CCCC1[C@H](OC)[C@@H](C)C(=O)NCCc1ncc[nH]1)OC)N(C)C(=O)C(NC(=O)C(NC)C(C)C)C(C)C. The Kier molecular flexibility index (Phi) is 17.0. The van der Waals surface area contributed by atoms with Gasteiger partial charge in [-0.25, -0.2) is 4.98 Å². The third-order valence-corrected chi connectivity index (χ3v) is 9.97. The molecule has 1 aliphatic heterocycles. The molecule has 0 radical (unpaired) electrons. The van der Waals surface area contributed by atoms with E-state index in [1.54, 1.807) is 45.6 Å². The first kappa shape index (κ1) is 41.1. The summed E-state index contributed by atoms with van der Waals surface area (Å²) in [4.78, 5) is 65.1. The third-order valence-electron chi connectivity index (χ3n) is 9.97. The summed E-state index contributed by atoms with van der Waals surface area (Å²) in [7, 11) is 6.63. The Morgan fingerprint density at radius 1 is 1.04 bits per heavy atom. The molecule has 274 valence electrons. The van der Waals surface area contributed by atoms with Crippen molar-refractivity contribution < 1.29 is 28.7 Å². The van der Waals surface area contributed by atoms with Gasteiger partial charge in [-0.3, -0.25) is 19.2 Å². The number of amides is 4. The van der Waals surface area contributed by atoms with Crippen molar-refractivity contribution in [2.24, 2.45) is 23.7 Å². The number of aromatic amines is 1. The topological polar surface area (TPSA) is 158 Å². The smallest absolute Gasteiger partial charge is 0.245 e. The van der Waals surface area contributed by atoms with Crippen LogP contribution in [0.4, 0.5) is 0 Å². The van der Waals surface area contributed by atoms with Crippen molar-refractivity contribution >= 4 is 23.6 Å². The highest BCUT2D eigenvalue weighted by atomic mass is 16.5. The van der Waals surface area contributed by atoms with E-state index in [4.69, 9.17) is 9.47 Å². The molecule has 0 aliphatic carbocycles. The van der Waals surface area contributed by atoms with Gasteiger partial charge in [-0.15, -0.1) is 0 Å². The average molecular weight is 678 g/mol. The molecule has 3 unspecified atom stereocenters. The molecular weight excluding hydrogens is 614 g/mol. The van der Waals surface area contributed by atoms with Gasteiger partial charge in [0.1, 0.15) is 11.9 Å². The van der Waals surface area contributed by atoms with Crippen LogP contribution in [0.15, 0.2) is 12.4 Å². The van der Waals surface area contributed by atoms with Crippen molar-refractivity contribution in [3.8, 4) is 0 Å². The van der Waals surface area contributed by atoms with E-state index in [1.807, 2.05) is 46.4 Å². The Balaban J connectivity index is 2.20. The van der Waals surface area contributed by atoms with Crippen LogP contribution in [0.3, 0.4) is 0 Å². The summed E-state index contributed by atoms with van der Waals surface area (Å²) in [5, 5.41) is 9.01. The zero-order valence-electron chi connectivity index (χ0n) is 31.2. The Morgan fingerprint density at radius 2 is 1.71 bits per heavy atom. The number of aromatic nitrogens is 2. The zero-order chi connectivity index (χ0) is 36.1. The van der Waals surface area contributed by atoms with E-state index in [1.165, 1.54) is 0 Å². The predicted octanol–water partition coefficient (Wildman–Crippen LogP) is 2.37. The highest BCUT2D eigenvalue weighted by Gasteiger charge is 2.43. The summed E-state index contributed by atoms with van der Waals surface area (Å²) < 4.78 is 11.9. The normalized spacial score (nSPS) is 19.4. The highest BCUT2D eigenvalue weighted by Crippen LogP contribution is 2.29. The minimum atomic E-state index is -0.742. The van der Waals surface area contributed by atoms with E-state index >= 15 is 0 Å². The number of hydrogen-bond acceptors (Lipinski definition) is 8. The maximum absolute atomic E-state index is 14.1. The standard InChI is InChI=1S/C35H63N7O6/c1-12-23(6)31(41(9)35(46)30(22(4)5)40-34(45)29(36-8)21(2)3)26(47-10)20-28(43)42-19-13-14-25(42)32(48-11)24(7)33(44)39-16-15-27-37-17-18-38-27/h17-18,21-26,29-32,36H,12-16,19-20H2,1-11H3,(H,37,38)(H,39,44)(H,40,45)/t23-,24+,25?,26+,29?,30?,31-,32+/m0/s1. The fourth-order valence-electron chi connectivity index (χ4n) is 6.95. The molecule has 0 aromatic carbocycles. The summed E-state index contributed by atoms with van der Waals surface area (Å²) in [6.07, 6.45) is 5.28. The van der Waals surface area contributed by atoms with Crippen LogP contribution in [0.1, 0.15) is 80.0 Å². The molecule has 1 aliphatic rings. The number of nitrogens with one attached hydrogen (secondary N) is 4. The molecule has 0 saturated carbocycles. The lowest BCUT2D eigenvalue weighted by molar-refractivity contribution is -0.147. The number of likely N-dealkylation sites (N-methyl/N-ethyl adjacent to an activating group) is 2. The van der Waals surface area contributed by atoms with Crippen LogP contribution in [0.5, 0.6) is 0 Å². The van der Waals surface area contributed by atoms with Crippen LogP contribution in [0, 0.1) is 23.7 Å². The van der Waals surface area contributed by atoms with E-state index in [-0.39, 0.29) is 53.8 Å². The van der Waals surface area contributed by atoms with Gasteiger partial charge in [-0.05, 0) is 37.6 Å². The average Bonchev–Trinajstić information content (AvgIpc) is 3.76. The minimum Gasteiger partial charge on any atom is -0.379 e. The molecule has 13 nitrogen and oxygen atoms in total. The fraction of sp³-hybridized carbons (Fsp3) is 0.800. The minimum absolute atomic E-state index is 0.00642. The zero-order valence-corrected chi connectivity index (χ0v) is 31.2. The number of ether oxygens (including phenoxy) is 2. The monoisotopic (exact) mass is 677 g/mol. The largest absolute Gasteiger partial charge is 0.379 e. The number of carbonyl (C=O) groups excluding carboxylic acids is 4. The summed E-state index contributed by atoms with van der Waals surface area (Å²) in [6, 6.07) is -1.86. The number of carbonyl (C=O) groups is 4. The van der Waals surface area contributed by atoms with E-state index in [0.29, 0.717) is 19.5 Å². The lowest BCUT2D eigenvalue weighted by Gasteiger charge is -2.41. The first-order chi connectivity index (χ1) is 22.7. The maximum Gasteiger partial charge on any atom is 0.245 e. The molecule has 13 heteroatoms. The first-order valence-corrected chi connectivity index (χ1v) is 17.6. The first-order valence-electron chi connectivity index (χ1n) is 17.6. The molecule has 4 amide bonds. The van der Waals surface area contributed by atoms with Gasteiger partial charge in [0.05, 0.1) is 42.7 Å². The Hall–Kier alpha value is -3.03. The molecule has 1 fully saturated rings. The lowest BCUT2D eigenvalue weighted by Crippen LogP contribution is -2.59. The number of imidazole rings is 1. The van der Waals surface area contributed by atoms with Gasteiger partial charge in [0.2, 0.25) is 23.6 Å². The summed E-state index contributed by atoms with van der Waals surface area (Å²) in [5.41, 5.74) is 0. The van der Waals surface area contributed by atoms with Crippen molar-refractivity contribution in [1.29, 1.82) is 0 Å². The number of methoxy groups -OCH3 is 2. The van der Waals surface area contributed by atoms with Crippen LogP contribution in [-0.2, 0) is 35.1 Å². The Morgan fingerprint density at radius 3 is 2.23 bits per heavy atom. The van der Waals surface area contributed by atoms with Gasteiger partial charge in [0.25, 0.3) is 0 Å². The molecule has 1 aromatic rings. The van der Waals surface area contributed by atoms with Crippen LogP contribution < -0.4 is 16.0 Å². The number of hydrogen-bond donors (Lipinski definition) is 4. The predicted molar refractivity (Wildman–Crippen MR) is 186 cm³/mol. The Bertz CT molecular complexity index is 1150. The van der Waals surface area contributed by atoms with Crippen LogP contribution in [0.25, 0.3) is 0 Å². The van der Waals surface area contributed by atoms with Crippen molar-refractivity contribution in [1.82, 2.24) is 35.7 Å². The van der Waals surface area contributed by atoms with Gasteiger partial charge < -0.3 is 40.2 Å². The van der Waals surface area contributed by atoms with Crippen molar-refractivity contribution in [2.75, 3.05) is 41.4 Å². The summed E-state index contributed by atoms with van der Waals surface area (Å²) >= 11 is 0. The lowest BCUT2D eigenvalue weighted by atomic mass is 9.89. The van der Waals surface area contributed by atoms with Crippen molar-refractivity contribution in [2.45, 2.75) is 117 Å². The second-order valence-corrected chi connectivity index (χ2v) is 13.9. The molecule has 1 saturated heterocycles. The third kappa shape index (κ3) is 10.7. The molecule has 0 spiro atoms. The Labute approximate surface area is 288 Å². The summed E-state index contributed by atoms with van der Waals surface area (Å²) in [6.45, 7) is 14.7. The van der Waals surface area contributed by atoms with E-state index in [0.717, 1.165) is 25.1 Å². The van der Waals surface area contributed by atoms with Gasteiger partial charge in [0.15, 0.2) is 0 Å². The number of H-pyrrole nitrogens is 1. The quantitative estimate of drug-likeness (QED) is 0.164.